The summed E-state index contributed by atoms with van der Waals surface area (Å²) in [7, 11) is 0. The molecule has 0 fully saturated rings. The molecule has 1 aromatic heterocycles. The summed E-state index contributed by atoms with van der Waals surface area (Å²) < 4.78 is 2.94. The summed E-state index contributed by atoms with van der Waals surface area (Å²) in [6.07, 6.45) is 0. The maximum Gasteiger partial charge on any atom is 0.242 e. The van der Waals surface area contributed by atoms with E-state index in [1.54, 1.807) is 11.8 Å². The Kier molecular flexibility index (Phi) is 6.39. The number of aromatic nitrogens is 3. The summed E-state index contributed by atoms with van der Waals surface area (Å²) in [5.74, 6) is 0.924. The molecule has 6 rings (SSSR count). The second kappa shape index (κ2) is 9.97. The van der Waals surface area contributed by atoms with Crippen LogP contribution in [0.4, 0.5) is 11.4 Å². The van der Waals surface area contributed by atoms with Gasteiger partial charge in [0, 0.05) is 25.5 Å². The molecule has 176 valence electrons. The van der Waals surface area contributed by atoms with Gasteiger partial charge in [0.1, 0.15) is 0 Å². The zero-order valence-corrected chi connectivity index (χ0v) is 22.1. The number of fused-ring (bicyclic) bond motifs is 2. The van der Waals surface area contributed by atoms with Crippen molar-refractivity contribution in [2.24, 2.45) is 0 Å². The van der Waals surface area contributed by atoms with Crippen LogP contribution >= 0.6 is 39.5 Å². The predicted octanol–water partition coefficient (Wildman–Crippen LogP) is 7.62. The molecular weight excluding hydrogens is 552 g/mol. The molecule has 0 saturated carbocycles. The van der Waals surface area contributed by atoms with Gasteiger partial charge < -0.3 is 0 Å². The molecule has 0 radical (unpaired) electrons. The van der Waals surface area contributed by atoms with Crippen LogP contribution in [-0.4, -0.2) is 26.4 Å². The maximum absolute atomic E-state index is 13.7. The van der Waals surface area contributed by atoms with Gasteiger partial charge in [-0.3, -0.25) is 14.3 Å². The van der Waals surface area contributed by atoms with Gasteiger partial charge in [0.05, 0.1) is 17.1 Å². The zero-order valence-electron chi connectivity index (χ0n) is 18.9. The van der Waals surface area contributed by atoms with Gasteiger partial charge in [0.25, 0.3) is 0 Å². The van der Waals surface area contributed by atoms with Crippen molar-refractivity contribution in [3.63, 3.8) is 0 Å². The third kappa shape index (κ3) is 4.25. The second-order valence-electron chi connectivity index (χ2n) is 8.01. The van der Waals surface area contributed by atoms with Crippen LogP contribution in [0.5, 0.6) is 0 Å². The standard InChI is InChI=1S/C28H19BrN4OS2/c29-21-13-5-4-12-20(21)27-30-31-28(32(27)19-10-2-1-3-11-19)35-18-26(34)33-22-14-6-8-16-24(22)36-25-17-9-7-15-23(25)33/h1-17H,18H2. The Morgan fingerprint density at radius 1 is 0.778 bits per heavy atom. The minimum absolute atomic E-state index is 0.00902. The van der Waals surface area contributed by atoms with E-state index >= 15 is 0 Å². The average Bonchev–Trinajstić information content (AvgIpc) is 3.34. The van der Waals surface area contributed by atoms with Crippen molar-refractivity contribution < 1.29 is 4.79 Å². The summed E-state index contributed by atoms with van der Waals surface area (Å²) in [6, 6.07) is 34.0. The van der Waals surface area contributed by atoms with E-state index in [0.29, 0.717) is 11.0 Å². The first kappa shape index (κ1) is 23.1. The SMILES string of the molecule is O=C(CSc1nnc(-c2ccccc2Br)n1-c1ccccc1)N1c2ccccc2Sc2ccccc21. The Labute approximate surface area is 225 Å². The molecule has 4 aromatic carbocycles. The fraction of sp³-hybridized carbons (Fsp3) is 0.0357. The largest absolute Gasteiger partial charge is 0.278 e. The van der Waals surface area contributed by atoms with Crippen LogP contribution in [0.2, 0.25) is 0 Å². The molecular formula is C28H19BrN4OS2. The lowest BCUT2D eigenvalue weighted by Gasteiger charge is -2.30. The van der Waals surface area contributed by atoms with Gasteiger partial charge in [-0.25, -0.2) is 0 Å². The lowest BCUT2D eigenvalue weighted by atomic mass is 10.2. The topological polar surface area (TPSA) is 51.0 Å². The number of hydrogen-bond acceptors (Lipinski definition) is 5. The Morgan fingerprint density at radius 3 is 2.08 bits per heavy atom. The summed E-state index contributed by atoms with van der Waals surface area (Å²) in [5, 5.41) is 9.68. The first-order chi connectivity index (χ1) is 17.7. The molecule has 0 atom stereocenters. The third-order valence-corrected chi connectivity index (χ3v) is 8.50. The van der Waals surface area contributed by atoms with Crippen molar-refractivity contribution in [1.29, 1.82) is 0 Å². The van der Waals surface area contributed by atoms with E-state index in [0.717, 1.165) is 36.9 Å². The van der Waals surface area contributed by atoms with E-state index in [1.807, 2.05) is 100 Å². The predicted molar refractivity (Wildman–Crippen MR) is 149 cm³/mol. The quantitative estimate of drug-likeness (QED) is 0.203. The molecule has 0 bridgehead atoms. The highest BCUT2D eigenvalue weighted by Crippen LogP contribution is 2.48. The van der Waals surface area contributed by atoms with Gasteiger partial charge in [-0.1, -0.05) is 100 Å². The molecule has 1 aliphatic rings. The van der Waals surface area contributed by atoms with Crippen molar-refractivity contribution >= 4 is 56.7 Å². The first-order valence-electron chi connectivity index (χ1n) is 11.3. The summed E-state index contributed by atoms with van der Waals surface area (Å²) in [6.45, 7) is 0. The maximum atomic E-state index is 13.7. The van der Waals surface area contributed by atoms with Crippen LogP contribution in [-0.2, 0) is 4.79 Å². The van der Waals surface area contributed by atoms with Gasteiger partial charge in [-0.2, -0.15) is 0 Å². The molecule has 5 aromatic rings. The van der Waals surface area contributed by atoms with Crippen LogP contribution in [0, 0.1) is 0 Å². The van der Waals surface area contributed by atoms with E-state index in [-0.39, 0.29) is 11.7 Å². The van der Waals surface area contributed by atoms with Gasteiger partial charge in [0.15, 0.2) is 11.0 Å². The van der Waals surface area contributed by atoms with E-state index in [1.165, 1.54) is 11.8 Å². The summed E-state index contributed by atoms with van der Waals surface area (Å²) in [5.41, 5.74) is 3.69. The molecule has 1 aliphatic heterocycles. The highest BCUT2D eigenvalue weighted by atomic mass is 79.9. The highest BCUT2D eigenvalue weighted by Gasteiger charge is 2.28. The van der Waals surface area contributed by atoms with Gasteiger partial charge >= 0.3 is 0 Å². The first-order valence-corrected chi connectivity index (χ1v) is 13.9. The monoisotopic (exact) mass is 570 g/mol. The van der Waals surface area contributed by atoms with Crippen LogP contribution in [0.1, 0.15) is 0 Å². The Morgan fingerprint density at radius 2 is 1.39 bits per heavy atom. The van der Waals surface area contributed by atoms with Gasteiger partial charge in [-0.15, -0.1) is 10.2 Å². The molecule has 0 spiro atoms. The Bertz CT molecular complexity index is 1530. The number of anilines is 2. The lowest BCUT2D eigenvalue weighted by molar-refractivity contribution is -0.115. The van der Waals surface area contributed by atoms with Crippen molar-refractivity contribution in [2.45, 2.75) is 14.9 Å². The minimum Gasteiger partial charge on any atom is -0.278 e. The zero-order chi connectivity index (χ0) is 24.5. The third-order valence-electron chi connectivity index (χ3n) is 5.77. The number of halogens is 1. The number of amides is 1. The van der Waals surface area contributed by atoms with Crippen LogP contribution in [0.15, 0.2) is 123 Å². The highest BCUT2D eigenvalue weighted by molar-refractivity contribution is 9.10. The number of carbonyl (C=O) groups excluding carboxylic acids is 1. The van der Waals surface area contributed by atoms with E-state index in [9.17, 15) is 4.79 Å². The Balaban J connectivity index is 1.35. The molecule has 0 saturated heterocycles. The lowest BCUT2D eigenvalue weighted by Crippen LogP contribution is -2.30. The normalized spacial score (nSPS) is 12.2. The number of hydrogen-bond donors (Lipinski definition) is 0. The van der Waals surface area contributed by atoms with Crippen molar-refractivity contribution in [2.75, 3.05) is 10.7 Å². The van der Waals surface area contributed by atoms with Crippen LogP contribution in [0.3, 0.4) is 0 Å². The molecule has 8 heteroatoms. The molecule has 2 heterocycles. The number of para-hydroxylation sites is 3. The minimum atomic E-state index is -0.00902. The summed E-state index contributed by atoms with van der Waals surface area (Å²) >= 11 is 6.72. The van der Waals surface area contributed by atoms with Crippen LogP contribution in [0.25, 0.3) is 17.1 Å². The molecule has 0 N–H and O–H groups in total. The molecule has 1 amide bonds. The van der Waals surface area contributed by atoms with Gasteiger partial charge in [0.2, 0.25) is 5.91 Å². The molecule has 0 unspecified atom stereocenters. The van der Waals surface area contributed by atoms with E-state index < -0.39 is 0 Å². The molecule has 5 nitrogen and oxygen atoms in total. The molecule has 0 aliphatic carbocycles. The Hall–Kier alpha value is -3.33. The summed E-state index contributed by atoms with van der Waals surface area (Å²) in [4.78, 5) is 17.7. The number of nitrogens with zero attached hydrogens (tertiary/aromatic N) is 4. The second-order valence-corrected chi connectivity index (χ2v) is 10.9. The van der Waals surface area contributed by atoms with Crippen LogP contribution < -0.4 is 4.90 Å². The van der Waals surface area contributed by atoms with Crippen molar-refractivity contribution in [3.8, 4) is 17.1 Å². The number of thioether (sulfide) groups is 1. The van der Waals surface area contributed by atoms with Gasteiger partial charge in [-0.05, 0) is 42.5 Å². The fourth-order valence-electron chi connectivity index (χ4n) is 4.15. The number of benzene rings is 4. The molecule has 36 heavy (non-hydrogen) atoms. The van der Waals surface area contributed by atoms with E-state index in [2.05, 4.69) is 38.3 Å². The number of rotatable bonds is 5. The van der Waals surface area contributed by atoms with E-state index in [4.69, 9.17) is 0 Å². The van der Waals surface area contributed by atoms with Crippen molar-refractivity contribution in [1.82, 2.24) is 14.8 Å². The fourth-order valence-corrected chi connectivity index (χ4v) is 6.48. The smallest absolute Gasteiger partial charge is 0.242 e. The van der Waals surface area contributed by atoms with Crippen molar-refractivity contribution in [3.05, 3.63) is 108 Å². The average molecular weight is 572 g/mol. The number of carbonyl (C=O) groups is 1.